The molecule has 0 unspecified atom stereocenters. The molecule has 1 fully saturated rings. The van der Waals surface area contributed by atoms with Crippen LogP contribution in [0.5, 0.6) is 0 Å². The van der Waals surface area contributed by atoms with Crippen LogP contribution in [-0.4, -0.2) is 54.7 Å². The maximum atomic E-state index is 11.8. The minimum atomic E-state index is -0.701. The van der Waals surface area contributed by atoms with Crippen molar-refractivity contribution in [2.45, 2.75) is 0 Å². The van der Waals surface area contributed by atoms with Gasteiger partial charge in [-0.2, -0.15) is 0 Å². The Morgan fingerprint density at radius 3 is 2.75 bits per heavy atom. The molecule has 0 aliphatic carbocycles. The van der Waals surface area contributed by atoms with Crippen molar-refractivity contribution in [3.8, 4) is 0 Å². The summed E-state index contributed by atoms with van der Waals surface area (Å²) in [4.78, 5) is 28.9. The lowest BCUT2D eigenvalue weighted by molar-refractivity contribution is -0.138. The molecule has 1 aromatic rings. The fourth-order valence-electron chi connectivity index (χ4n) is 1.73. The number of nitrogens with zero attached hydrogens (tertiary/aromatic N) is 2. The quantitative estimate of drug-likeness (QED) is 0.638. The van der Waals surface area contributed by atoms with E-state index in [1.54, 1.807) is 4.90 Å². The summed E-state index contributed by atoms with van der Waals surface area (Å²) in [5.41, 5.74) is 5.65. The lowest BCUT2D eigenvalue weighted by atomic mass is 10.2. The molecule has 8 heteroatoms. The molecule has 1 saturated heterocycles. The fourth-order valence-corrected chi connectivity index (χ4v) is 1.89. The Kier molecular flexibility index (Phi) is 4.75. The van der Waals surface area contributed by atoms with E-state index < -0.39 is 5.97 Å². The molecule has 1 amide bonds. The van der Waals surface area contributed by atoms with E-state index in [1.807, 2.05) is 0 Å². The number of pyridine rings is 1. The topological polar surface area (TPSA) is 94.8 Å². The molecule has 2 N–H and O–H groups in total. The number of morpholine rings is 1. The number of nitrogens with two attached hydrogens (primary N) is 1. The highest BCUT2D eigenvalue weighted by molar-refractivity contribution is 6.29. The van der Waals surface area contributed by atoms with E-state index in [1.165, 1.54) is 12.1 Å². The number of carbonyl (C=O) groups excluding carboxylic acids is 2. The van der Waals surface area contributed by atoms with Gasteiger partial charge in [0.05, 0.1) is 13.2 Å². The van der Waals surface area contributed by atoms with Crippen LogP contribution in [0, 0.1) is 0 Å². The lowest BCUT2D eigenvalue weighted by Crippen LogP contribution is -2.42. The first-order valence-electron chi connectivity index (χ1n) is 6.02. The zero-order valence-electron chi connectivity index (χ0n) is 10.7. The molecule has 0 radical (unpaired) electrons. The van der Waals surface area contributed by atoms with Crippen LogP contribution < -0.4 is 5.73 Å². The van der Waals surface area contributed by atoms with Gasteiger partial charge in [-0.15, -0.1) is 0 Å². The van der Waals surface area contributed by atoms with E-state index in [0.717, 1.165) is 0 Å². The molecule has 0 saturated carbocycles. The van der Waals surface area contributed by atoms with Gasteiger partial charge in [-0.25, -0.2) is 9.78 Å². The predicted octanol–water partition coefficient (Wildman–Crippen LogP) is 0.333. The number of amides is 1. The van der Waals surface area contributed by atoms with Crippen molar-refractivity contribution in [2.75, 3.05) is 38.6 Å². The first kappa shape index (κ1) is 14.5. The molecule has 2 heterocycles. The molecule has 1 aromatic heterocycles. The normalized spacial score (nSPS) is 14.9. The van der Waals surface area contributed by atoms with Crippen LogP contribution in [-0.2, 0) is 14.3 Å². The summed E-state index contributed by atoms with van der Waals surface area (Å²) < 4.78 is 10.1. The molecule has 0 spiro atoms. The fraction of sp³-hybridized carbons (Fsp3) is 0.417. The molecule has 20 heavy (non-hydrogen) atoms. The number of aromatic nitrogens is 1. The maximum absolute atomic E-state index is 11.8. The summed E-state index contributed by atoms with van der Waals surface area (Å²) in [6, 6.07) is 2.84. The minimum Gasteiger partial charge on any atom is -0.452 e. The average Bonchev–Trinajstić information content (AvgIpc) is 2.45. The van der Waals surface area contributed by atoms with Gasteiger partial charge in [-0.3, -0.25) is 4.79 Å². The monoisotopic (exact) mass is 299 g/mol. The number of carbonyl (C=O) groups is 2. The maximum Gasteiger partial charge on any atom is 0.342 e. The van der Waals surface area contributed by atoms with E-state index in [9.17, 15) is 9.59 Å². The second kappa shape index (κ2) is 6.53. The third-order valence-corrected chi connectivity index (χ3v) is 3.01. The zero-order valence-corrected chi connectivity index (χ0v) is 11.4. The number of halogens is 1. The number of hydrogen-bond acceptors (Lipinski definition) is 6. The molecule has 1 aliphatic heterocycles. The van der Waals surface area contributed by atoms with Crippen molar-refractivity contribution < 1.29 is 19.1 Å². The van der Waals surface area contributed by atoms with Gasteiger partial charge in [-0.1, -0.05) is 11.6 Å². The average molecular weight is 300 g/mol. The van der Waals surface area contributed by atoms with Gasteiger partial charge in [0.15, 0.2) is 6.61 Å². The number of hydrogen-bond donors (Lipinski definition) is 1. The van der Waals surface area contributed by atoms with E-state index in [0.29, 0.717) is 26.3 Å². The van der Waals surface area contributed by atoms with Gasteiger partial charge in [0, 0.05) is 13.1 Å². The lowest BCUT2D eigenvalue weighted by Gasteiger charge is -2.26. The Hall–Kier alpha value is -1.86. The van der Waals surface area contributed by atoms with Gasteiger partial charge >= 0.3 is 5.97 Å². The Morgan fingerprint density at radius 1 is 1.40 bits per heavy atom. The van der Waals surface area contributed by atoms with Crippen molar-refractivity contribution >= 4 is 29.3 Å². The van der Waals surface area contributed by atoms with Crippen LogP contribution in [0.25, 0.3) is 0 Å². The number of nitrogen functional groups attached to an aromatic ring is 1. The van der Waals surface area contributed by atoms with Gasteiger partial charge in [0.2, 0.25) is 0 Å². The van der Waals surface area contributed by atoms with Crippen LogP contribution in [0.3, 0.4) is 0 Å². The number of ether oxygens (including phenoxy) is 2. The first-order chi connectivity index (χ1) is 9.58. The van der Waals surface area contributed by atoms with Crippen molar-refractivity contribution in [1.82, 2.24) is 9.88 Å². The largest absolute Gasteiger partial charge is 0.452 e. The van der Waals surface area contributed by atoms with E-state index >= 15 is 0 Å². The Bertz CT molecular complexity index is 517. The summed E-state index contributed by atoms with van der Waals surface area (Å²) in [6.07, 6.45) is 0. The Morgan fingerprint density at radius 2 is 2.10 bits per heavy atom. The second-order valence-corrected chi connectivity index (χ2v) is 4.52. The number of esters is 1. The van der Waals surface area contributed by atoms with Crippen LogP contribution in [0.2, 0.25) is 5.15 Å². The third-order valence-electron chi connectivity index (χ3n) is 2.80. The third kappa shape index (κ3) is 3.58. The highest BCUT2D eigenvalue weighted by atomic mass is 35.5. The van der Waals surface area contributed by atoms with Crippen molar-refractivity contribution in [1.29, 1.82) is 0 Å². The molecular weight excluding hydrogens is 286 g/mol. The highest BCUT2D eigenvalue weighted by Crippen LogP contribution is 2.14. The SMILES string of the molecule is Nc1nc(Cl)ccc1C(=O)OCC(=O)N1CCOCC1. The molecule has 0 bridgehead atoms. The van der Waals surface area contributed by atoms with Crippen molar-refractivity contribution in [3.63, 3.8) is 0 Å². The summed E-state index contributed by atoms with van der Waals surface area (Å²) in [5, 5.41) is 0.184. The van der Waals surface area contributed by atoms with Gasteiger partial charge < -0.3 is 20.1 Å². The predicted molar refractivity (Wildman–Crippen MR) is 71.3 cm³/mol. The molecular formula is C12H14ClN3O4. The summed E-state index contributed by atoms with van der Waals surface area (Å²) in [6.45, 7) is 1.66. The van der Waals surface area contributed by atoms with Crippen molar-refractivity contribution in [3.05, 3.63) is 22.8 Å². The standard InChI is InChI=1S/C12H14ClN3O4/c13-9-2-1-8(11(14)15-9)12(18)20-7-10(17)16-3-5-19-6-4-16/h1-2H,3-7H2,(H2,14,15). The molecule has 7 nitrogen and oxygen atoms in total. The second-order valence-electron chi connectivity index (χ2n) is 4.14. The summed E-state index contributed by atoms with van der Waals surface area (Å²) in [7, 11) is 0. The van der Waals surface area contributed by atoms with Crippen LogP contribution in [0.1, 0.15) is 10.4 Å². The molecule has 108 valence electrons. The first-order valence-corrected chi connectivity index (χ1v) is 6.40. The van der Waals surface area contributed by atoms with Gasteiger partial charge in [-0.05, 0) is 12.1 Å². The van der Waals surface area contributed by atoms with Crippen molar-refractivity contribution in [2.24, 2.45) is 0 Å². The number of anilines is 1. The van der Waals surface area contributed by atoms with Crippen LogP contribution in [0.4, 0.5) is 5.82 Å². The van der Waals surface area contributed by atoms with E-state index in [2.05, 4.69) is 4.98 Å². The summed E-state index contributed by atoms with van der Waals surface area (Å²) in [5.74, 6) is -0.989. The van der Waals surface area contributed by atoms with Crippen LogP contribution >= 0.6 is 11.6 Å². The van der Waals surface area contributed by atoms with Crippen LogP contribution in [0.15, 0.2) is 12.1 Å². The molecule has 1 aliphatic rings. The molecule has 0 aromatic carbocycles. The highest BCUT2D eigenvalue weighted by Gasteiger charge is 2.19. The van der Waals surface area contributed by atoms with E-state index in [4.69, 9.17) is 26.8 Å². The molecule has 2 rings (SSSR count). The van der Waals surface area contributed by atoms with Gasteiger partial charge in [0.1, 0.15) is 16.5 Å². The summed E-state index contributed by atoms with van der Waals surface area (Å²) >= 11 is 5.63. The van der Waals surface area contributed by atoms with E-state index in [-0.39, 0.29) is 29.0 Å². The number of rotatable bonds is 3. The zero-order chi connectivity index (χ0) is 14.5. The minimum absolute atomic E-state index is 0.0266. The Labute approximate surface area is 120 Å². The Balaban J connectivity index is 1.89. The smallest absolute Gasteiger partial charge is 0.342 e. The van der Waals surface area contributed by atoms with Gasteiger partial charge in [0.25, 0.3) is 5.91 Å². The molecule has 0 atom stereocenters.